The number of aryl methyl sites for hydroxylation is 1. The Morgan fingerprint density at radius 1 is 1.35 bits per heavy atom. The zero-order valence-corrected chi connectivity index (χ0v) is 10.5. The maximum absolute atomic E-state index is 6.06. The summed E-state index contributed by atoms with van der Waals surface area (Å²) in [4.78, 5) is 4.32. The summed E-state index contributed by atoms with van der Waals surface area (Å²) in [6.45, 7) is 7.95. The lowest BCUT2D eigenvalue weighted by molar-refractivity contribution is 0.253. The van der Waals surface area contributed by atoms with Crippen LogP contribution in [0.25, 0.3) is 11.4 Å². The summed E-state index contributed by atoms with van der Waals surface area (Å²) in [6, 6.07) is 1.53. The molecule has 92 valence electrons. The van der Waals surface area contributed by atoms with E-state index in [2.05, 4.69) is 10.1 Å². The summed E-state index contributed by atoms with van der Waals surface area (Å²) < 4.78 is 10.4. The van der Waals surface area contributed by atoms with Crippen molar-refractivity contribution >= 4 is 0 Å². The first kappa shape index (κ1) is 11.9. The van der Waals surface area contributed by atoms with Crippen LogP contribution in [0.3, 0.4) is 0 Å². The van der Waals surface area contributed by atoms with Gasteiger partial charge in [-0.2, -0.15) is 4.98 Å². The van der Waals surface area contributed by atoms with Crippen LogP contribution in [0.5, 0.6) is 0 Å². The summed E-state index contributed by atoms with van der Waals surface area (Å²) in [5, 5.41) is 3.93. The maximum atomic E-state index is 6.06. The van der Waals surface area contributed by atoms with Gasteiger partial charge in [0, 0.05) is 0 Å². The lowest BCUT2D eigenvalue weighted by atomic mass is 9.87. The number of hydrogen-bond donors (Lipinski definition) is 1. The highest BCUT2D eigenvalue weighted by molar-refractivity contribution is 5.56. The van der Waals surface area contributed by atoms with Crippen molar-refractivity contribution < 1.29 is 8.94 Å². The van der Waals surface area contributed by atoms with Gasteiger partial charge in [0.1, 0.15) is 5.76 Å². The van der Waals surface area contributed by atoms with Gasteiger partial charge in [0.2, 0.25) is 11.7 Å². The zero-order chi connectivity index (χ0) is 12.6. The van der Waals surface area contributed by atoms with E-state index in [1.165, 1.54) is 0 Å². The molecule has 0 spiro atoms. The van der Waals surface area contributed by atoms with E-state index in [-0.39, 0.29) is 11.5 Å². The Morgan fingerprint density at radius 3 is 2.59 bits per heavy atom. The Kier molecular flexibility index (Phi) is 2.79. The topological polar surface area (TPSA) is 78.1 Å². The van der Waals surface area contributed by atoms with E-state index in [0.29, 0.717) is 11.7 Å². The van der Waals surface area contributed by atoms with Gasteiger partial charge >= 0.3 is 0 Å². The lowest BCUT2D eigenvalue weighted by Crippen LogP contribution is -2.26. The normalized spacial score (nSPS) is 13.9. The number of furan rings is 1. The van der Waals surface area contributed by atoms with Crippen molar-refractivity contribution in [2.24, 2.45) is 11.1 Å². The number of hydrogen-bond acceptors (Lipinski definition) is 5. The molecule has 0 aliphatic heterocycles. The van der Waals surface area contributed by atoms with Gasteiger partial charge in [-0.1, -0.05) is 25.9 Å². The molecule has 0 radical (unpaired) electrons. The Bertz CT molecular complexity index is 508. The van der Waals surface area contributed by atoms with E-state index in [4.69, 9.17) is 14.7 Å². The molecule has 2 aromatic heterocycles. The van der Waals surface area contributed by atoms with E-state index >= 15 is 0 Å². The fourth-order valence-corrected chi connectivity index (χ4v) is 1.46. The van der Waals surface area contributed by atoms with Gasteiger partial charge < -0.3 is 14.7 Å². The molecule has 0 aliphatic rings. The van der Waals surface area contributed by atoms with E-state index in [9.17, 15) is 0 Å². The van der Waals surface area contributed by atoms with Gasteiger partial charge in [-0.25, -0.2) is 0 Å². The Labute approximate surface area is 100.0 Å². The molecule has 0 bridgehead atoms. The molecule has 1 atom stereocenters. The predicted molar refractivity (Wildman–Crippen MR) is 63.1 cm³/mol. The highest BCUT2D eigenvalue weighted by atomic mass is 16.5. The Balaban J connectivity index is 2.31. The van der Waals surface area contributed by atoms with Crippen LogP contribution >= 0.6 is 0 Å². The van der Waals surface area contributed by atoms with Crippen LogP contribution in [0.1, 0.15) is 38.5 Å². The van der Waals surface area contributed by atoms with Crippen LogP contribution in [-0.4, -0.2) is 10.1 Å². The van der Waals surface area contributed by atoms with Crippen LogP contribution in [0.2, 0.25) is 0 Å². The number of rotatable bonds is 2. The third-order valence-corrected chi connectivity index (χ3v) is 2.74. The van der Waals surface area contributed by atoms with Crippen LogP contribution < -0.4 is 5.73 Å². The third-order valence-electron chi connectivity index (χ3n) is 2.74. The number of nitrogens with two attached hydrogens (primary N) is 1. The van der Waals surface area contributed by atoms with Crippen molar-refractivity contribution in [2.45, 2.75) is 33.7 Å². The van der Waals surface area contributed by atoms with Crippen molar-refractivity contribution in [3.63, 3.8) is 0 Å². The van der Waals surface area contributed by atoms with E-state index in [1.807, 2.05) is 33.8 Å². The highest BCUT2D eigenvalue weighted by Crippen LogP contribution is 2.31. The minimum Gasteiger partial charge on any atom is -0.469 e. The molecule has 2 N–H and O–H groups in total. The molecule has 2 heterocycles. The first-order valence-electron chi connectivity index (χ1n) is 5.53. The van der Waals surface area contributed by atoms with Gasteiger partial charge in [-0.3, -0.25) is 0 Å². The smallest absolute Gasteiger partial charge is 0.244 e. The fourth-order valence-electron chi connectivity index (χ4n) is 1.46. The molecule has 0 saturated carbocycles. The maximum Gasteiger partial charge on any atom is 0.244 e. The number of nitrogens with zero attached hydrogens (tertiary/aromatic N) is 2. The van der Waals surface area contributed by atoms with Gasteiger partial charge in [-0.15, -0.1) is 0 Å². The molecule has 5 heteroatoms. The zero-order valence-electron chi connectivity index (χ0n) is 10.5. The second-order valence-corrected chi connectivity index (χ2v) is 5.19. The second-order valence-electron chi connectivity index (χ2n) is 5.19. The monoisotopic (exact) mass is 235 g/mol. The summed E-state index contributed by atoms with van der Waals surface area (Å²) in [7, 11) is 0. The number of aromatic nitrogens is 2. The van der Waals surface area contributed by atoms with Crippen LogP contribution in [0.15, 0.2) is 21.3 Å². The van der Waals surface area contributed by atoms with Crippen molar-refractivity contribution in [1.29, 1.82) is 0 Å². The SMILES string of the molecule is Cc1occc1-c1noc(C(N)C(C)(C)C)n1. The third kappa shape index (κ3) is 2.24. The summed E-state index contributed by atoms with van der Waals surface area (Å²) in [5.41, 5.74) is 6.78. The molecule has 0 amide bonds. The van der Waals surface area contributed by atoms with E-state index in [1.54, 1.807) is 6.26 Å². The van der Waals surface area contributed by atoms with Gasteiger partial charge in [0.05, 0.1) is 17.9 Å². The van der Waals surface area contributed by atoms with E-state index in [0.717, 1.165) is 11.3 Å². The molecule has 0 aromatic carbocycles. The molecule has 2 rings (SSSR count). The van der Waals surface area contributed by atoms with Crippen molar-refractivity contribution in [1.82, 2.24) is 10.1 Å². The van der Waals surface area contributed by atoms with Gasteiger partial charge in [-0.05, 0) is 18.4 Å². The second kappa shape index (κ2) is 4.00. The van der Waals surface area contributed by atoms with Crippen LogP contribution in [0.4, 0.5) is 0 Å². The average Bonchev–Trinajstić information content (AvgIpc) is 2.83. The summed E-state index contributed by atoms with van der Waals surface area (Å²) >= 11 is 0. The average molecular weight is 235 g/mol. The Hall–Kier alpha value is -1.62. The molecule has 1 unspecified atom stereocenters. The summed E-state index contributed by atoms with van der Waals surface area (Å²) in [6.07, 6.45) is 1.60. The molecule has 2 aromatic rings. The van der Waals surface area contributed by atoms with Crippen molar-refractivity contribution in [3.8, 4) is 11.4 Å². The molecule has 0 fully saturated rings. The van der Waals surface area contributed by atoms with Gasteiger partial charge in [0.15, 0.2) is 0 Å². The standard InChI is InChI=1S/C12H17N3O2/c1-7-8(5-6-16-7)10-14-11(17-15-10)9(13)12(2,3)4/h5-6,9H,13H2,1-4H3. The first-order valence-corrected chi connectivity index (χ1v) is 5.53. The van der Waals surface area contributed by atoms with Crippen LogP contribution in [-0.2, 0) is 0 Å². The van der Waals surface area contributed by atoms with Gasteiger partial charge in [0.25, 0.3) is 0 Å². The fraction of sp³-hybridized carbons (Fsp3) is 0.500. The Morgan fingerprint density at radius 2 is 2.06 bits per heavy atom. The molecule has 17 heavy (non-hydrogen) atoms. The molecular weight excluding hydrogens is 218 g/mol. The summed E-state index contributed by atoms with van der Waals surface area (Å²) in [5.74, 6) is 1.74. The molecule has 5 nitrogen and oxygen atoms in total. The minimum absolute atomic E-state index is 0.116. The van der Waals surface area contributed by atoms with Crippen molar-refractivity contribution in [2.75, 3.05) is 0 Å². The largest absolute Gasteiger partial charge is 0.469 e. The predicted octanol–water partition coefficient (Wildman–Crippen LogP) is 2.68. The molecule has 0 aliphatic carbocycles. The highest BCUT2D eigenvalue weighted by Gasteiger charge is 2.28. The molecular formula is C12H17N3O2. The first-order chi connectivity index (χ1) is 7.89. The quantitative estimate of drug-likeness (QED) is 0.865. The van der Waals surface area contributed by atoms with Crippen LogP contribution in [0, 0.1) is 12.3 Å². The molecule has 0 saturated heterocycles. The lowest BCUT2D eigenvalue weighted by Gasteiger charge is -2.23. The van der Waals surface area contributed by atoms with Crippen molar-refractivity contribution in [3.05, 3.63) is 24.0 Å². The van der Waals surface area contributed by atoms with E-state index < -0.39 is 0 Å². The minimum atomic E-state index is -0.282.